The number of anilines is 1. The number of pyridine rings is 1. The molecule has 1 aromatic heterocycles. The zero-order chi connectivity index (χ0) is 25.5. The van der Waals surface area contributed by atoms with E-state index < -0.39 is 48.4 Å². The lowest BCUT2D eigenvalue weighted by Gasteiger charge is -2.16. The number of benzene rings is 1. The lowest BCUT2D eigenvalue weighted by atomic mass is 10.1. The van der Waals surface area contributed by atoms with Gasteiger partial charge in [0.2, 0.25) is 5.96 Å². The number of hydrogen-bond acceptors (Lipinski definition) is 6. The van der Waals surface area contributed by atoms with Crippen LogP contribution in [0.25, 0.3) is 10.8 Å². The molecule has 0 bridgehead atoms. The molecule has 0 aliphatic rings. The molecule has 0 radical (unpaired) electrons. The average Bonchev–Trinajstić information content (AvgIpc) is 2.71. The zero-order valence-corrected chi connectivity index (χ0v) is 16.9. The Labute approximate surface area is 187 Å². The summed E-state index contributed by atoms with van der Waals surface area (Å²) in [5.74, 6) is -6.73. The number of amides is 1. The van der Waals surface area contributed by atoms with Crippen LogP contribution in [0.1, 0.15) is 16.8 Å². The van der Waals surface area contributed by atoms with Crippen molar-refractivity contribution >= 4 is 58.0 Å². The van der Waals surface area contributed by atoms with E-state index in [0.29, 0.717) is 16.5 Å². The highest BCUT2D eigenvalue weighted by atomic mass is 35.5. The SMILES string of the molecule is N=C(N)N(Cl)c1cncc2cc(C(=O)N[C@@H](CC(=O)O)C(=O)O)ccc12.O=C(O)C(F)(F)F. The van der Waals surface area contributed by atoms with E-state index in [1.807, 2.05) is 0 Å². The van der Waals surface area contributed by atoms with Gasteiger partial charge < -0.3 is 26.4 Å². The predicted octanol–water partition coefficient (Wildman–Crippen LogP) is 1.38. The third-order valence-corrected chi connectivity index (χ3v) is 4.01. The molecule has 2 aromatic rings. The lowest BCUT2D eigenvalue weighted by molar-refractivity contribution is -0.192. The number of nitrogens with zero attached hydrogens (tertiary/aromatic N) is 2. The minimum atomic E-state index is -5.08. The Morgan fingerprint density at radius 2 is 1.76 bits per heavy atom. The summed E-state index contributed by atoms with van der Waals surface area (Å²) >= 11 is 5.92. The number of aromatic nitrogens is 1. The molecule has 0 aliphatic carbocycles. The van der Waals surface area contributed by atoms with Gasteiger partial charge in [-0.25, -0.2) is 14.0 Å². The smallest absolute Gasteiger partial charge is 0.481 e. The molecule has 0 unspecified atom stereocenters. The van der Waals surface area contributed by atoms with E-state index in [2.05, 4.69) is 10.3 Å². The van der Waals surface area contributed by atoms with Gasteiger partial charge in [-0.3, -0.25) is 20.0 Å². The van der Waals surface area contributed by atoms with Gasteiger partial charge in [0.15, 0.2) is 0 Å². The molecule has 1 amide bonds. The summed E-state index contributed by atoms with van der Waals surface area (Å²) in [5, 5.41) is 35.4. The fraction of sp³-hybridized carbons (Fsp3) is 0.176. The number of halogens is 4. The number of nitrogens with one attached hydrogen (secondary N) is 2. The van der Waals surface area contributed by atoms with Gasteiger partial charge in [-0.2, -0.15) is 13.2 Å². The second-order valence-corrected chi connectivity index (χ2v) is 6.36. The summed E-state index contributed by atoms with van der Waals surface area (Å²) in [4.78, 5) is 46.8. The second kappa shape index (κ2) is 10.9. The van der Waals surface area contributed by atoms with Crippen molar-refractivity contribution in [3.63, 3.8) is 0 Å². The van der Waals surface area contributed by atoms with Gasteiger partial charge >= 0.3 is 24.1 Å². The van der Waals surface area contributed by atoms with Gasteiger partial charge in [0.1, 0.15) is 6.04 Å². The third-order valence-electron chi connectivity index (χ3n) is 3.65. The Hall–Kier alpha value is -4.14. The molecule has 0 saturated carbocycles. The summed E-state index contributed by atoms with van der Waals surface area (Å²) in [6.07, 6.45) is -2.99. The topological polar surface area (TPSA) is 207 Å². The van der Waals surface area contributed by atoms with E-state index in [9.17, 15) is 27.6 Å². The fourth-order valence-electron chi connectivity index (χ4n) is 2.20. The molecule has 7 N–H and O–H groups in total. The first kappa shape index (κ1) is 26.9. The van der Waals surface area contributed by atoms with Crippen LogP contribution in [-0.4, -0.2) is 62.3 Å². The van der Waals surface area contributed by atoms with Crippen LogP contribution in [-0.2, 0) is 14.4 Å². The molecule has 0 saturated heterocycles. The lowest BCUT2D eigenvalue weighted by Crippen LogP contribution is -2.42. The van der Waals surface area contributed by atoms with Crippen LogP contribution < -0.4 is 15.5 Å². The Morgan fingerprint density at radius 3 is 2.21 bits per heavy atom. The second-order valence-electron chi connectivity index (χ2n) is 6.03. The quantitative estimate of drug-likeness (QED) is 0.193. The Kier molecular flexibility index (Phi) is 8.92. The van der Waals surface area contributed by atoms with Crippen molar-refractivity contribution in [1.82, 2.24) is 10.3 Å². The predicted molar refractivity (Wildman–Crippen MR) is 107 cm³/mol. The van der Waals surface area contributed by atoms with Crippen LogP contribution in [0.3, 0.4) is 0 Å². The van der Waals surface area contributed by atoms with E-state index >= 15 is 0 Å². The molecule has 1 aromatic carbocycles. The van der Waals surface area contributed by atoms with Crippen molar-refractivity contribution in [3.05, 3.63) is 36.2 Å². The number of carbonyl (C=O) groups is 4. The number of hydrogen-bond donors (Lipinski definition) is 6. The van der Waals surface area contributed by atoms with E-state index in [1.54, 1.807) is 0 Å². The number of carbonyl (C=O) groups excluding carboxylic acids is 1. The maximum atomic E-state index is 12.2. The summed E-state index contributed by atoms with van der Waals surface area (Å²) in [6.45, 7) is 0. The average molecular weight is 494 g/mol. The van der Waals surface area contributed by atoms with Gasteiger partial charge in [0.25, 0.3) is 5.91 Å². The van der Waals surface area contributed by atoms with E-state index in [-0.39, 0.29) is 5.56 Å². The molecule has 1 atom stereocenters. The van der Waals surface area contributed by atoms with Crippen molar-refractivity contribution < 1.29 is 47.7 Å². The maximum absolute atomic E-state index is 12.2. The molecule has 1 heterocycles. The van der Waals surface area contributed by atoms with Crippen molar-refractivity contribution in [1.29, 1.82) is 5.41 Å². The molecule has 16 heteroatoms. The number of aliphatic carboxylic acids is 3. The Balaban J connectivity index is 0.000000675. The minimum absolute atomic E-state index is 0.108. The summed E-state index contributed by atoms with van der Waals surface area (Å²) in [7, 11) is 0. The molecule has 0 aliphatic heterocycles. The normalized spacial score (nSPS) is 11.5. The molecular weight excluding hydrogens is 479 g/mol. The molecule has 178 valence electrons. The Morgan fingerprint density at radius 1 is 1.18 bits per heavy atom. The van der Waals surface area contributed by atoms with E-state index in [0.717, 1.165) is 4.42 Å². The van der Waals surface area contributed by atoms with Crippen molar-refractivity contribution in [2.75, 3.05) is 4.42 Å². The number of nitrogens with two attached hydrogens (primary N) is 1. The van der Waals surface area contributed by atoms with Crippen LogP contribution in [0.5, 0.6) is 0 Å². The van der Waals surface area contributed by atoms with Crippen LogP contribution in [0.2, 0.25) is 0 Å². The van der Waals surface area contributed by atoms with E-state index in [4.69, 9.17) is 43.0 Å². The molecule has 0 fully saturated rings. The summed E-state index contributed by atoms with van der Waals surface area (Å²) < 4.78 is 32.6. The number of fused-ring (bicyclic) bond motifs is 1. The highest BCUT2D eigenvalue weighted by molar-refractivity contribution is 6.38. The van der Waals surface area contributed by atoms with Gasteiger partial charge in [0.05, 0.1) is 18.3 Å². The van der Waals surface area contributed by atoms with Gasteiger partial charge in [-0.15, -0.1) is 0 Å². The maximum Gasteiger partial charge on any atom is 0.490 e. The van der Waals surface area contributed by atoms with Crippen molar-refractivity contribution in [2.24, 2.45) is 5.73 Å². The first-order valence-corrected chi connectivity index (χ1v) is 8.72. The number of carboxylic acids is 3. The fourth-order valence-corrected chi connectivity index (χ4v) is 2.34. The third kappa shape index (κ3) is 7.80. The van der Waals surface area contributed by atoms with Gasteiger partial charge in [-0.05, 0) is 12.1 Å². The summed E-state index contributed by atoms with van der Waals surface area (Å²) in [6, 6.07) is 2.82. The van der Waals surface area contributed by atoms with Crippen LogP contribution >= 0.6 is 11.8 Å². The monoisotopic (exact) mass is 493 g/mol. The number of alkyl halides is 3. The highest BCUT2D eigenvalue weighted by Gasteiger charge is 2.38. The van der Waals surface area contributed by atoms with Crippen LogP contribution in [0, 0.1) is 5.41 Å². The van der Waals surface area contributed by atoms with Crippen LogP contribution in [0.4, 0.5) is 18.9 Å². The standard InChI is InChI=1S/C15H14ClN5O5.C2HF3O2/c16-21(15(17)18)11-6-19-5-8-3-7(1-2-9(8)11)13(24)20-10(14(25)26)4-12(22)23;3-2(4,5)1(6)7/h1-3,5-6,10H,4H2,(H3,17,18)(H,20,24)(H,22,23)(H,25,26);(H,6,7)/t10-;/m0./s1. The van der Waals surface area contributed by atoms with Gasteiger partial charge in [-0.1, -0.05) is 6.07 Å². The van der Waals surface area contributed by atoms with Crippen molar-refractivity contribution in [2.45, 2.75) is 18.6 Å². The van der Waals surface area contributed by atoms with E-state index in [1.165, 1.54) is 30.6 Å². The largest absolute Gasteiger partial charge is 0.490 e. The first-order chi connectivity index (χ1) is 15.1. The number of guanidine groups is 1. The number of rotatable bonds is 6. The Bertz CT molecular complexity index is 1100. The molecular formula is C17H15ClF3N5O7. The highest BCUT2D eigenvalue weighted by Crippen LogP contribution is 2.27. The minimum Gasteiger partial charge on any atom is -0.481 e. The first-order valence-electron chi connectivity index (χ1n) is 8.38. The van der Waals surface area contributed by atoms with Crippen molar-refractivity contribution in [3.8, 4) is 0 Å². The van der Waals surface area contributed by atoms with Gasteiger partial charge in [0, 0.05) is 34.3 Å². The molecule has 2 rings (SSSR count). The molecule has 33 heavy (non-hydrogen) atoms. The number of carboxylic acid groups (broad SMARTS) is 3. The summed E-state index contributed by atoms with van der Waals surface area (Å²) in [5.41, 5.74) is 5.78. The molecule has 12 nitrogen and oxygen atoms in total. The van der Waals surface area contributed by atoms with Crippen LogP contribution in [0.15, 0.2) is 30.6 Å². The zero-order valence-electron chi connectivity index (χ0n) is 16.1. The molecule has 0 spiro atoms.